The van der Waals surface area contributed by atoms with E-state index >= 15 is 0 Å². The molecular weight excluding hydrogens is 459 g/mol. The minimum absolute atomic E-state index is 0. The molecule has 0 aliphatic rings. The third-order valence-electron chi connectivity index (χ3n) is 3.66. The molecule has 2 aromatic rings. The first kappa shape index (κ1) is 22.7. The summed E-state index contributed by atoms with van der Waals surface area (Å²) in [4.78, 5) is 10.2. The molecule has 1 heterocycles. The van der Waals surface area contributed by atoms with Crippen molar-refractivity contribution in [3.05, 3.63) is 45.4 Å². The number of thiazole rings is 1. The standard InChI is InChI=1S/C19H28N4OS.HI/c1-5-20-19(21-10-9-17-23-13-16(4)25-17)22-11-12-24-18-14(2)7-6-8-15(18)3;/h6-8,13H,5,9-12H2,1-4H3,(H2,20,21,22);1H. The van der Waals surface area contributed by atoms with E-state index in [0.717, 1.165) is 36.2 Å². The van der Waals surface area contributed by atoms with Gasteiger partial charge in [-0.1, -0.05) is 18.2 Å². The molecule has 2 rings (SSSR count). The van der Waals surface area contributed by atoms with E-state index in [0.29, 0.717) is 13.2 Å². The summed E-state index contributed by atoms with van der Waals surface area (Å²) in [5.41, 5.74) is 2.33. The molecule has 0 saturated carbocycles. The Labute approximate surface area is 177 Å². The van der Waals surface area contributed by atoms with Gasteiger partial charge in [0.05, 0.1) is 11.6 Å². The summed E-state index contributed by atoms with van der Waals surface area (Å²) in [6.45, 7) is 11.1. The number of aliphatic imine (C=N–C) groups is 1. The minimum Gasteiger partial charge on any atom is -0.491 e. The molecule has 0 saturated heterocycles. The van der Waals surface area contributed by atoms with Crippen LogP contribution in [0.4, 0.5) is 0 Å². The number of guanidine groups is 1. The van der Waals surface area contributed by atoms with Crippen LogP contribution in [0.3, 0.4) is 0 Å². The van der Waals surface area contributed by atoms with Crippen LogP contribution in [-0.4, -0.2) is 37.2 Å². The van der Waals surface area contributed by atoms with Gasteiger partial charge in [-0.05, 0) is 38.8 Å². The Morgan fingerprint density at radius 1 is 1.19 bits per heavy atom. The van der Waals surface area contributed by atoms with E-state index in [-0.39, 0.29) is 24.0 Å². The Kier molecular flexibility index (Phi) is 10.6. The van der Waals surface area contributed by atoms with Gasteiger partial charge in [-0.2, -0.15) is 0 Å². The molecule has 144 valence electrons. The van der Waals surface area contributed by atoms with E-state index in [1.54, 1.807) is 11.3 Å². The fourth-order valence-electron chi connectivity index (χ4n) is 2.47. The first-order chi connectivity index (χ1) is 12.1. The first-order valence-electron chi connectivity index (χ1n) is 8.72. The number of halogens is 1. The second-order valence-electron chi connectivity index (χ2n) is 5.87. The second kappa shape index (κ2) is 12.1. The lowest BCUT2D eigenvalue weighted by Crippen LogP contribution is -2.39. The summed E-state index contributed by atoms with van der Waals surface area (Å²) in [5, 5.41) is 7.71. The molecule has 0 bridgehead atoms. The summed E-state index contributed by atoms with van der Waals surface area (Å²) in [6, 6.07) is 6.19. The number of rotatable bonds is 8. The third-order valence-corrected chi connectivity index (χ3v) is 4.63. The smallest absolute Gasteiger partial charge is 0.191 e. The average Bonchev–Trinajstić information content (AvgIpc) is 2.99. The summed E-state index contributed by atoms with van der Waals surface area (Å²) in [5.74, 6) is 1.80. The van der Waals surface area contributed by atoms with E-state index in [1.807, 2.05) is 6.20 Å². The zero-order valence-corrected chi connectivity index (χ0v) is 19.1. The largest absolute Gasteiger partial charge is 0.491 e. The number of nitrogens with zero attached hydrogens (tertiary/aromatic N) is 2. The number of ether oxygens (including phenoxy) is 1. The van der Waals surface area contributed by atoms with Gasteiger partial charge in [0, 0.05) is 30.6 Å². The van der Waals surface area contributed by atoms with E-state index in [4.69, 9.17) is 4.74 Å². The SMILES string of the molecule is CCNC(=NCCc1ncc(C)s1)NCCOc1c(C)cccc1C.I. The van der Waals surface area contributed by atoms with Gasteiger partial charge in [0.1, 0.15) is 12.4 Å². The Balaban J connectivity index is 0.00000338. The van der Waals surface area contributed by atoms with Gasteiger partial charge >= 0.3 is 0 Å². The van der Waals surface area contributed by atoms with Crippen molar-refractivity contribution in [2.24, 2.45) is 4.99 Å². The Bertz CT molecular complexity index is 682. The van der Waals surface area contributed by atoms with Crippen molar-refractivity contribution >= 4 is 41.3 Å². The van der Waals surface area contributed by atoms with E-state index < -0.39 is 0 Å². The van der Waals surface area contributed by atoms with Crippen molar-refractivity contribution in [3.8, 4) is 5.75 Å². The molecule has 0 aliphatic heterocycles. The quantitative estimate of drug-likeness (QED) is 0.257. The van der Waals surface area contributed by atoms with E-state index in [9.17, 15) is 0 Å². The lowest BCUT2D eigenvalue weighted by molar-refractivity contribution is 0.317. The summed E-state index contributed by atoms with van der Waals surface area (Å²) in [7, 11) is 0. The molecule has 1 aromatic heterocycles. The maximum Gasteiger partial charge on any atom is 0.191 e. The van der Waals surface area contributed by atoms with Gasteiger partial charge in [-0.25, -0.2) is 4.98 Å². The Morgan fingerprint density at radius 2 is 1.92 bits per heavy atom. The number of hydrogen-bond acceptors (Lipinski definition) is 4. The number of hydrogen-bond donors (Lipinski definition) is 2. The molecule has 26 heavy (non-hydrogen) atoms. The van der Waals surface area contributed by atoms with E-state index in [2.05, 4.69) is 66.5 Å². The third kappa shape index (κ3) is 7.49. The maximum absolute atomic E-state index is 5.92. The molecule has 0 unspecified atom stereocenters. The monoisotopic (exact) mass is 488 g/mol. The molecule has 7 heteroatoms. The van der Waals surface area contributed by atoms with Gasteiger partial charge in [-0.15, -0.1) is 35.3 Å². The number of benzene rings is 1. The first-order valence-corrected chi connectivity index (χ1v) is 9.54. The molecule has 0 aliphatic carbocycles. The van der Waals surface area contributed by atoms with Crippen LogP contribution in [0.5, 0.6) is 5.75 Å². The van der Waals surface area contributed by atoms with Crippen molar-refractivity contribution in [3.63, 3.8) is 0 Å². The van der Waals surface area contributed by atoms with Crippen LogP contribution < -0.4 is 15.4 Å². The molecule has 0 spiro atoms. The predicted molar refractivity (Wildman–Crippen MR) is 121 cm³/mol. The summed E-state index contributed by atoms with van der Waals surface area (Å²) in [6.07, 6.45) is 2.78. The molecular formula is C19H29IN4OS. The van der Waals surface area contributed by atoms with Crippen LogP contribution in [0.25, 0.3) is 0 Å². The predicted octanol–water partition coefficient (Wildman–Crippen LogP) is 3.86. The van der Waals surface area contributed by atoms with Gasteiger partial charge in [0.25, 0.3) is 0 Å². The highest BCUT2D eigenvalue weighted by atomic mass is 127. The van der Waals surface area contributed by atoms with Crippen LogP contribution in [0.1, 0.15) is 27.9 Å². The minimum atomic E-state index is 0. The molecule has 0 atom stereocenters. The van der Waals surface area contributed by atoms with Gasteiger partial charge in [0.15, 0.2) is 5.96 Å². The van der Waals surface area contributed by atoms with Gasteiger partial charge in [-0.3, -0.25) is 4.99 Å². The number of nitrogens with one attached hydrogen (secondary N) is 2. The van der Waals surface area contributed by atoms with Crippen LogP contribution in [0.15, 0.2) is 29.4 Å². The van der Waals surface area contributed by atoms with Crippen LogP contribution in [-0.2, 0) is 6.42 Å². The average molecular weight is 488 g/mol. The molecule has 2 N–H and O–H groups in total. The zero-order valence-electron chi connectivity index (χ0n) is 16.0. The van der Waals surface area contributed by atoms with Gasteiger partial charge in [0.2, 0.25) is 0 Å². The molecule has 5 nitrogen and oxygen atoms in total. The number of para-hydroxylation sites is 1. The number of aryl methyl sites for hydroxylation is 3. The van der Waals surface area contributed by atoms with Crippen molar-refractivity contribution in [1.29, 1.82) is 0 Å². The summed E-state index contributed by atoms with van der Waals surface area (Å²) >= 11 is 1.73. The molecule has 1 aromatic carbocycles. The molecule has 0 amide bonds. The van der Waals surface area contributed by atoms with Crippen molar-refractivity contribution < 1.29 is 4.74 Å². The lowest BCUT2D eigenvalue weighted by Gasteiger charge is -2.14. The van der Waals surface area contributed by atoms with Crippen molar-refractivity contribution in [2.45, 2.75) is 34.1 Å². The number of aromatic nitrogens is 1. The van der Waals surface area contributed by atoms with Crippen molar-refractivity contribution in [1.82, 2.24) is 15.6 Å². The topological polar surface area (TPSA) is 58.5 Å². The van der Waals surface area contributed by atoms with Crippen molar-refractivity contribution in [2.75, 3.05) is 26.2 Å². The van der Waals surface area contributed by atoms with Gasteiger partial charge < -0.3 is 15.4 Å². The highest BCUT2D eigenvalue weighted by molar-refractivity contribution is 14.0. The molecule has 0 radical (unpaired) electrons. The van der Waals surface area contributed by atoms with Crippen LogP contribution >= 0.6 is 35.3 Å². The van der Waals surface area contributed by atoms with E-state index in [1.165, 1.54) is 16.0 Å². The van der Waals surface area contributed by atoms with Crippen LogP contribution in [0.2, 0.25) is 0 Å². The Hall–Kier alpha value is -1.35. The molecule has 0 fully saturated rings. The highest BCUT2D eigenvalue weighted by Crippen LogP contribution is 2.21. The second-order valence-corrected chi connectivity index (χ2v) is 7.19. The Morgan fingerprint density at radius 3 is 2.54 bits per heavy atom. The highest BCUT2D eigenvalue weighted by Gasteiger charge is 2.03. The van der Waals surface area contributed by atoms with Crippen LogP contribution in [0, 0.1) is 20.8 Å². The lowest BCUT2D eigenvalue weighted by atomic mass is 10.1. The fourth-order valence-corrected chi connectivity index (χ4v) is 3.25. The summed E-state index contributed by atoms with van der Waals surface area (Å²) < 4.78 is 5.92. The fraction of sp³-hybridized carbons (Fsp3) is 0.474. The maximum atomic E-state index is 5.92. The zero-order chi connectivity index (χ0) is 18.1. The normalized spacial score (nSPS) is 11.0.